The molecule has 1 aliphatic heterocycles. The molecular weight excluding hydrogens is 425 g/mol. The summed E-state index contributed by atoms with van der Waals surface area (Å²) in [5, 5.41) is 12.3. The highest BCUT2D eigenvalue weighted by Gasteiger charge is 2.62. The molecule has 2 aliphatic rings. The first-order chi connectivity index (χ1) is 13.3. The molecule has 0 radical (unpaired) electrons. The van der Waals surface area contributed by atoms with Crippen LogP contribution in [-0.4, -0.2) is 53.9 Å². The van der Waals surface area contributed by atoms with Gasteiger partial charge in [0, 0.05) is 37.3 Å². The number of benzene rings is 1. The summed E-state index contributed by atoms with van der Waals surface area (Å²) in [6.45, 7) is 9.74. The van der Waals surface area contributed by atoms with Gasteiger partial charge in [-0.3, -0.25) is 9.69 Å². The Bertz CT molecular complexity index is 696. The Morgan fingerprint density at radius 3 is 2.53 bits per heavy atom. The lowest BCUT2D eigenvalue weighted by Crippen LogP contribution is -2.74. The van der Waals surface area contributed by atoms with Crippen LogP contribution in [-0.2, 0) is 16.1 Å². The van der Waals surface area contributed by atoms with E-state index in [0.717, 1.165) is 38.2 Å². The molecule has 2 fully saturated rings. The molecular formula is C22H37Cl2N3O3. The van der Waals surface area contributed by atoms with Crippen LogP contribution in [0.3, 0.4) is 0 Å². The van der Waals surface area contributed by atoms with Crippen LogP contribution >= 0.6 is 24.8 Å². The number of halogens is 2. The van der Waals surface area contributed by atoms with Gasteiger partial charge in [-0.05, 0) is 56.5 Å². The monoisotopic (exact) mass is 461 g/mol. The van der Waals surface area contributed by atoms with Crippen molar-refractivity contribution in [2.45, 2.75) is 58.2 Å². The fourth-order valence-electron chi connectivity index (χ4n) is 4.40. The molecule has 0 bridgehead atoms. The minimum atomic E-state index is -0.922. The SMILES string of the molecule is CCOC1CC(N)(C(=O)Nc2cccc(CN3CCC(CO)CC3)c2)C1(C)C.Cl.Cl. The lowest BCUT2D eigenvalue weighted by molar-refractivity contribution is -0.166. The fourth-order valence-corrected chi connectivity index (χ4v) is 4.40. The second-order valence-electron chi connectivity index (χ2n) is 8.90. The number of anilines is 1. The lowest BCUT2D eigenvalue weighted by Gasteiger charge is -2.57. The number of ether oxygens (including phenoxy) is 1. The van der Waals surface area contributed by atoms with Crippen molar-refractivity contribution in [3.63, 3.8) is 0 Å². The summed E-state index contributed by atoms with van der Waals surface area (Å²) in [6.07, 6.45) is 2.64. The summed E-state index contributed by atoms with van der Waals surface area (Å²) in [6, 6.07) is 8.01. The highest BCUT2D eigenvalue weighted by molar-refractivity contribution is 5.99. The van der Waals surface area contributed by atoms with Crippen LogP contribution < -0.4 is 11.1 Å². The number of aliphatic hydroxyl groups excluding tert-OH is 1. The first-order valence-electron chi connectivity index (χ1n) is 10.4. The third kappa shape index (κ3) is 5.47. The molecule has 1 saturated heterocycles. The van der Waals surface area contributed by atoms with Gasteiger partial charge >= 0.3 is 0 Å². The largest absolute Gasteiger partial charge is 0.396 e. The maximum Gasteiger partial charge on any atom is 0.245 e. The standard InChI is InChI=1S/C22H35N3O3.2ClH/c1-4-28-19-13-22(23,21(19,2)3)20(27)24-18-7-5-6-17(12-18)14-25-10-8-16(15-26)9-11-25;;/h5-7,12,16,19,26H,4,8-11,13-15,23H2,1-3H3,(H,24,27);2*1H. The molecule has 30 heavy (non-hydrogen) atoms. The van der Waals surface area contributed by atoms with Gasteiger partial charge in [0.25, 0.3) is 0 Å². The number of carbonyl (C=O) groups is 1. The van der Waals surface area contributed by atoms with Crippen LogP contribution in [0.1, 0.15) is 45.6 Å². The molecule has 1 saturated carbocycles. The van der Waals surface area contributed by atoms with E-state index in [4.69, 9.17) is 10.5 Å². The van der Waals surface area contributed by atoms with Gasteiger partial charge in [0.1, 0.15) is 5.54 Å². The third-order valence-electron chi connectivity index (χ3n) is 6.79. The maximum atomic E-state index is 12.9. The predicted molar refractivity (Wildman–Crippen MR) is 125 cm³/mol. The number of nitrogens with one attached hydrogen (secondary N) is 1. The molecule has 1 amide bonds. The van der Waals surface area contributed by atoms with Crippen LogP contribution in [0.15, 0.2) is 24.3 Å². The summed E-state index contributed by atoms with van der Waals surface area (Å²) in [5.74, 6) is 0.295. The molecule has 0 spiro atoms. The Kier molecular flexibility index (Phi) is 10.1. The summed E-state index contributed by atoms with van der Waals surface area (Å²) >= 11 is 0. The molecule has 2 unspecified atom stereocenters. The molecule has 2 atom stereocenters. The number of likely N-dealkylation sites (tertiary alicyclic amines) is 1. The number of aliphatic hydroxyl groups is 1. The van der Waals surface area contributed by atoms with Crippen molar-refractivity contribution in [2.75, 3.05) is 31.6 Å². The molecule has 6 nitrogen and oxygen atoms in total. The van der Waals surface area contributed by atoms with E-state index >= 15 is 0 Å². The lowest BCUT2D eigenvalue weighted by atomic mass is 9.54. The molecule has 172 valence electrons. The van der Waals surface area contributed by atoms with Crippen LogP contribution in [0, 0.1) is 11.3 Å². The van der Waals surface area contributed by atoms with E-state index in [-0.39, 0.29) is 43.4 Å². The summed E-state index contributed by atoms with van der Waals surface area (Å²) < 4.78 is 5.73. The average Bonchev–Trinajstić information content (AvgIpc) is 2.68. The molecule has 4 N–H and O–H groups in total. The Balaban J connectivity index is 0.00000225. The number of nitrogens with zero attached hydrogens (tertiary/aromatic N) is 1. The summed E-state index contributed by atoms with van der Waals surface area (Å²) in [4.78, 5) is 15.3. The van der Waals surface area contributed by atoms with Crippen molar-refractivity contribution >= 4 is 36.4 Å². The Morgan fingerprint density at radius 2 is 1.97 bits per heavy atom. The first kappa shape index (κ1) is 27.1. The van der Waals surface area contributed by atoms with Crippen molar-refractivity contribution in [2.24, 2.45) is 17.1 Å². The molecule has 3 rings (SSSR count). The second kappa shape index (κ2) is 11.1. The van der Waals surface area contributed by atoms with E-state index in [1.807, 2.05) is 39.0 Å². The van der Waals surface area contributed by atoms with Gasteiger partial charge in [0.2, 0.25) is 5.91 Å². The molecule has 1 aliphatic carbocycles. The van der Waals surface area contributed by atoms with Crippen LogP contribution in [0.5, 0.6) is 0 Å². The minimum absolute atomic E-state index is 0. The van der Waals surface area contributed by atoms with Crippen molar-refractivity contribution < 1.29 is 14.6 Å². The molecule has 8 heteroatoms. The Hall–Kier alpha value is -0.890. The van der Waals surface area contributed by atoms with Crippen LogP contribution in [0.25, 0.3) is 0 Å². The van der Waals surface area contributed by atoms with E-state index in [2.05, 4.69) is 16.3 Å². The van der Waals surface area contributed by atoms with Gasteiger partial charge in [-0.25, -0.2) is 0 Å². The van der Waals surface area contributed by atoms with Gasteiger partial charge < -0.3 is 20.9 Å². The zero-order valence-corrected chi connectivity index (χ0v) is 19.9. The van der Waals surface area contributed by atoms with Crippen molar-refractivity contribution in [3.8, 4) is 0 Å². The topological polar surface area (TPSA) is 87.8 Å². The molecule has 1 aromatic carbocycles. The van der Waals surface area contributed by atoms with Crippen LogP contribution in [0.2, 0.25) is 0 Å². The van der Waals surface area contributed by atoms with E-state index in [1.54, 1.807) is 0 Å². The molecule has 0 aromatic heterocycles. The quantitative estimate of drug-likeness (QED) is 0.579. The molecule has 1 aromatic rings. The van der Waals surface area contributed by atoms with Gasteiger partial charge in [0.15, 0.2) is 0 Å². The zero-order valence-electron chi connectivity index (χ0n) is 18.2. The van der Waals surface area contributed by atoms with E-state index in [0.29, 0.717) is 18.9 Å². The van der Waals surface area contributed by atoms with E-state index in [9.17, 15) is 9.90 Å². The highest BCUT2D eigenvalue weighted by Crippen LogP contribution is 2.50. The van der Waals surface area contributed by atoms with Crippen molar-refractivity contribution in [1.29, 1.82) is 0 Å². The number of rotatable bonds is 7. The average molecular weight is 462 g/mol. The number of piperidine rings is 1. The second-order valence-corrected chi connectivity index (χ2v) is 8.90. The number of carbonyl (C=O) groups excluding carboxylic acids is 1. The number of amides is 1. The normalized spacial score (nSPS) is 26.1. The van der Waals surface area contributed by atoms with Gasteiger partial charge in [0.05, 0.1) is 6.10 Å². The first-order valence-corrected chi connectivity index (χ1v) is 10.4. The number of nitrogens with two attached hydrogens (primary N) is 1. The zero-order chi connectivity index (χ0) is 20.4. The van der Waals surface area contributed by atoms with Gasteiger partial charge in [-0.15, -0.1) is 24.8 Å². The Morgan fingerprint density at radius 1 is 1.30 bits per heavy atom. The number of hydrogen-bond donors (Lipinski definition) is 3. The van der Waals surface area contributed by atoms with Crippen molar-refractivity contribution in [1.82, 2.24) is 4.90 Å². The van der Waals surface area contributed by atoms with E-state index < -0.39 is 11.0 Å². The maximum absolute atomic E-state index is 12.9. The van der Waals surface area contributed by atoms with Gasteiger partial charge in [-0.1, -0.05) is 26.0 Å². The van der Waals surface area contributed by atoms with Crippen LogP contribution in [0.4, 0.5) is 5.69 Å². The predicted octanol–water partition coefficient (Wildman–Crippen LogP) is 3.21. The smallest absolute Gasteiger partial charge is 0.245 e. The van der Waals surface area contributed by atoms with E-state index in [1.165, 1.54) is 5.56 Å². The number of hydrogen-bond acceptors (Lipinski definition) is 5. The summed E-state index contributed by atoms with van der Waals surface area (Å²) in [5.41, 5.74) is 7.12. The van der Waals surface area contributed by atoms with Gasteiger partial charge in [-0.2, -0.15) is 0 Å². The minimum Gasteiger partial charge on any atom is -0.396 e. The Labute approximate surface area is 192 Å². The van der Waals surface area contributed by atoms with Crippen molar-refractivity contribution in [3.05, 3.63) is 29.8 Å². The fraction of sp³-hybridized carbons (Fsp3) is 0.682. The summed E-state index contributed by atoms with van der Waals surface area (Å²) in [7, 11) is 0. The molecule has 1 heterocycles. The highest BCUT2D eigenvalue weighted by atomic mass is 35.5. The third-order valence-corrected chi connectivity index (χ3v) is 6.79.